The maximum absolute atomic E-state index is 8.82. The van der Waals surface area contributed by atoms with E-state index in [0.29, 0.717) is 0 Å². The van der Waals surface area contributed by atoms with Crippen LogP contribution in [0.25, 0.3) is 0 Å². The Hall–Kier alpha value is -0.630. The molecule has 1 heterocycles. The number of hydrogen-bond acceptors (Lipinski definition) is 4. The Bertz CT molecular complexity index is 244. The molecule has 0 bridgehead atoms. The summed E-state index contributed by atoms with van der Waals surface area (Å²) in [6.45, 7) is 7.55. The van der Waals surface area contributed by atoms with E-state index >= 15 is 0 Å². The van der Waals surface area contributed by atoms with Crippen LogP contribution < -0.4 is 5.73 Å². The molecule has 0 spiro atoms. The lowest BCUT2D eigenvalue weighted by Gasteiger charge is -2.22. The SMILES string of the molecule is CN1CCCN(CCCC(C)(N)C#N)CC1. The van der Waals surface area contributed by atoms with E-state index in [-0.39, 0.29) is 0 Å². The molecule has 4 nitrogen and oxygen atoms in total. The van der Waals surface area contributed by atoms with E-state index in [9.17, 15) is 0 Å². The first-order chi connectivity index (χ1) is 7.53. The zero-order valence-corrected chi connectivity index (χ0v) is 10.6. The molecular weight excluding hydrogens is 200 g/mol. The minimum atomic E-state index is -0.650. The largest absolute Gasteiger partial charge is 0.314 e. The number of likely N-dealkylation sites (N-methyl/N-ethyl adjacent to an activating group) is 1. The van der Waals surface area contributed by atoms with E-state index in [1.165, 1.54) is 19.5 Å². The molecule has 1 saturated heterocycles. The summed E-state index contributed by atoms with van der Waals surface area (Å²) in [6, 6.07) is 2.15. The minimum Gasteiger partial charge on any atom is -0.314 e. The Balaban J connectivity index is 2.20. The molecule has 92 valence electrons. The van der Waals surface area contributed by atoms with Gasteiger partial charge in [-0.1, -0.05) is 0 Å². The van der Waals surface area contributed by atoms with Crippen LogP contribution in [0.3, 0.4) is 0 Å². The zero-order valence-electron chi connectivity index (χ0n) is 10.6. The predicted molar refractivity (Wildman–Crippen MR) is 66.0 cm³/mol. The molecule has 1 fully saturated rings. The van der Waals surface area contributed by atoms with Gasteiger partial charge in [-0.15, -0.1) is 0 Å². The van der Waals surface area contributed by atoms with Crippen molar-refractivity contribution >= 4 is 0 Å². The predicted octanol–water partition coefficient (Wildman–Crippen LogP) is 0.645. The zero-order chi connectivity index (χ0) is 12.0. The molecule has 0 aromatic heterocycles. The van der Waals surface area contributed by atoms with Crippen LogP contribution in [0.5, 0.6) is 0 Å². The standard InChI is InChI=1S/C12H24N4/c1-12(14,11-13)5-3-7-16-8-4-6-15(2)9-10-16/h3-10,14H2,1-2H3. The molecule has 0 radical (unpaired) electrons. The van der Waals surface area contributed by atoms with Crippen LogP contribution >= 0.6 is 0 Å². The highest BCUT2D eigenvalue weighted by molar-refractivity contribution is 5.00. The Morgan fingerprint density at radius 1 is 1.31 bits per heavy atom. The molecule has 2 N–H and O–H groups in total. The number of nitriles is 1. The van der Waals surface area contributed by atoms with Crippen molar-refractivity contribution in [2.75, 3.05) is 39.8 Å². The fraction of sp³-hybridized carbons (Fsp3) is 0.917. The third kappa shape index (κ3) is 4.93. The summed E-state index contributed by atoms with van der Waals surface area (Å²) < 4.78 is 0. The van der Waals surface area contributed by atoms with Gasteiger partial charge in [-0.2, -0.15) is 5.26 Å². The Kier molecular flexibility index (Phi) is 5.20. The van der Waals surface area contributed by atoms with Crippen molar-refractivity contribution in [1.82, 2.24) is 9.80 Å². The lowest BCUT2D eigenvalue weighted by atomic mass is 9.99. The smallest absolute Gasteiger partial charge is 0.101 e. The lowest BCUT2D eigenvalue weighted by Crippen LogP contribution is -2.36. The van der Waals surface area contributed by atoms with E-state index in [1.807, 2.05) is 6.92 Å². The highest BCUT2D eigenvalue weighted by atomic mass is 15.2. The third-order valence-corrected chi connectivity index (χ3v) is 3.24. The Morgan fingerprint density at radius 3 is 2.75 bits per heavy atom. The van der Waals surface area contributed by atoms with Gasteiger partial charge < -0.3 is 15.5 Å². The van der Waals surface area contributed by atoms with Crippen molar-refractivity contribution < 1.29 is 0 Å². The van der Waals surface area contributed by atoms with E-state index < -0.39 is 5.54 Å². The molecule has 0 aromatic rings. The molecule has 0 aromatic carbocycles. The number of nitrogens with zero attached hydrogens (tertiary/aromatic N) is 3. The van der Waals surface area contributed by atoms with Gasteiger partial charge in [0.1, 0.15) is 5.54 Å². The van der Waals surface area contributed by atoms with Gasteiger partial charge in [-0.3, -0.25) is 0 Å². The van der Waals surface area contributed by atoms with Crippen molar-refractivity contribution in [1.29, 1.82) is 5.26 Å². The van der Waals surface area contributed by atoms with E-state index in [4.69, 9.17) is 11.0 Å². The third-order valence-electron chi connectivity index (χ3n) is 3.24. The second-order valence-electron chi connectivity index (χ2n) is 5.13. The van der Waals surface area contributed by atoms with Gasteiger partial charge in [-0.05, 0) is 52.9 Å². The first-order valence-electron chi connectivity index (χ1n) is 6.14. The molecule has 1 aliphatic rings. The minimum absolute atomic E-state index is 0.650. The highest BCUT2D eigenvalue weighted by Crippen LogP contribution is 2.09. The van der Waals surface area contributed by atoms with Crippen LogP contribution in [0.15, 0.2) is 0 Å². The van der Waals surface area contributed by atoms with Crippen molar-refractivity contribution in [3.63, 3.8) is 0 Å². The molecule has 0 aliphatic carbocycles. The maximum Gasteiger partial charge on any atom is 0.101 e. The molecule has 1 atom stereocenters. The molecule has 1 rings (SSSR count). The van der Waals surface area contributed by atoms with E-state index in [2.05, 4.69) is 22.9 Å². The van der Waals surface area contributed by atoms with Crippen molar-refractivity contribution in [3.05, 3.63) is 0 Å². The molecule has 0 amide bonds. The molecular formula is C12H24N4. The monoisotopic (exact) mass is 224 g/mol. The van der Waals surface area contributed by atoms with Gasteiger partial charge >= 0.3 is 0 Å². The molecule has 16 heavy (non-hydrogen) atoms. The molecule has 4 heteroatoms. The van der Waals surface area contributed by atoms with E-state index in [1.54, 1.807) is 0 Å². The van der Waals surface area contributed by atoms with Crippen molar-refractivity contribution in [2.24, 2.45) is 5.73 Å². The van der Waals surface area contributed by atoms with Crippen LogP contribution in [0.4, 0.5) is 0 Å². The van der Waals surface area contributed by atoms with Gasteiger partial charge in [0, 0.05) is 13.1 Å². The summed E-state index contributed by atoms with van der Waals surface area (Å²) in [5, 5.41) is 8.82. The molecule has 0 saturated carbocycles. The molecule has 1 aliphatic heterocycles. The Morgan fingerprint density at radius 2 is 2.06 bits per heavy atom. The second-order valence-corrected chi connectivity index (χ2v) is 5.13. The van der Waals surface area contributed by atoms with Crippen LogP contribution in [0.2, 0.25) is 0 Å². The molecule has 1 unspecified atom stereocenters. The summed E-state index contributed by atoms with van der Waals surface area (Å²) in [4.78, 5) is 4.86. The average Bonchev–Trinajstić information content (AvgIpc) is 2.44. The normalized spacial score (nSPS) is 23.4. The van der Waals surface area contributed by atoms with E-state index in [0.717, 1.165) is 32.5 Å². The summed E-state index contributed by atoms with van der Waals surface area (Å²) in [7, 11) is 2.18. The first-order valence-corrected chi connectivity index (χ1v) is 6.14. The summed E-state index contributed by atoms with van der Waals surface area (Å²) >= 11 is 0. The van der Waals surface area contributed by atoms with Crippen molar-refractivity contribution in [2.45, 2.75) is 31.7 Å². The summed E-state index contributed by atoms with van der Waals surface area (Å²) in [5.74, 6) is 0. The van der Waals surface area contributed by atoms with Crippen LogP contribution in [0, 0.1) is 11.3 Å². The topological polar surface area (TPSA) is 56.3 Å². The number of nitrogens with two attached hydrogens (primary N) is 1. The fourth-order valence-electron chi connectivity index (χ4n) is 2.05. The highest BCUT2D eigenvalue weighted by Gasteiger charge is 2.18. The van der Waals surface area contributed by atoms with Crippen LogP contribution in [-0.2, 0) is 0 Å². The van der Waals surface area contributed by atoms with Crippen LogP contribution in [0.1, 0.15) is 26.2 Å². The summed E-state index contributed by atoms with van der Waals surface area (Å²) in [5.41, 5.74) is 5.15. The van der Waals surface area contributed by atoms with Gasteiger partial charge in [0.15, 0.2) is 0 Å². The maximum atomic E-state index is 8.82. The van der Waals surface area contributed by atoms with Crippen molar-refractivity contribution in [3.8, 4) is 6.07 Å². The number of rotatable bonds is 4. The second kappa shape index (κ2) is 6.19. The van der Waals surface area contributed by atoms with Crippen LogP contribution in [-0.4, -0.2) is 55.1 Å². The van der Waals surface area contributed by atoms with Gasteiger partial charge in [0.05, 0.1) is 6.07 Å². The van der Waals surface area contributed by atoms with Gasteiger partial charge in [0.25, 0.3) is 0 Å². The quantitative estimate of drug-likeness (QED) is 0.761. The average molecular weight is 224 g/mol. The number of hydrogen-bond donors (Lipinski definition) is 1. The lowest BCUT2D eigenvalue weighted by molar-refractivity contribution is 0.266. The summed E-state index contributed by atoms with van der Waals surface area (Å²) in [6.07, 6.45) is 3.05. The fourth-order valence-corrected chi connectivity index (χ4v) is 2.05. The van der Waals surface area contributed by atoms with Gasteiger partial charge in [0.2, 0.25) is 0 Å². The first kappa shape index (κ1) is 13.4. The Labute approximate surface area is 99.0 Å². The van der Waals surface area contributed by atoms with Gasteiger partial charge in [-0.25, -0.2) is 0 Å².